The molecule has 2 saturated carbocycles. The highest BCUT2D eigenvalue weighted by atomic mass is 16.4. The standard InChI is InChI=1S/C13H19N3O2/c1-9-2-4-10(5-3-9)11-15-14-8-16(11)13(6-7-13)12(17)18/h8-10H,2-7H2,1H3,(H,17,18). The van der Waals surface area contributed by atoms with Crippen LogP contribution in [0.2, 0.25) is 0 Å². The minimum Gasteiger partial charge on any atom is -0.479 e. The molecule has 0 aromatic carbocycles. The number of rotatable bonds is 3. The van der Waals surface area contributed by atoms with Gasteiger partial charge in [0.1, 0.15) is 17.7 Å². The Balaban J connectivity index is 1.86. The summed E-state index contributed by atoms with van der Waals surface area (Å²) in [7, 11) is 0. The van der Waals surface area contributed by atoms with Gasteiger partial charge < -0.3 is 9.67 Å². The SMILES string of the molecule is CC1CCC(c2nncn2C2(C(=O)O)CC2)CC1. The first-order chi connectivity index (χ1) is 8.63. The molecule has 18 heavy (non-hydrogen) atoms. The molecule has 2 fully saturated rings. The fraction of sp³-hybridized carbons (Fsp3) is 0.769. The van der Waals surface area contributed by atoms with Crippen LogP contribution in [0.3, 0.4) is 0 Å². The maximum atomic E-state index is 11.4. The van der Waals surface area contributed by atoms with Crippen LogP contribution in [-0.4, -0.2) is 25.8 Å². The van der Waals surface area contributed by atoms with Gasteiger partial charge in [-0.3, -0.25) is 0 Å². The van der Waals surface area contributed by atoms with Crippen molar-refractivity contribution in [2.45, 2.75) is 56.9 Å². The lowest BCUT2D eigenvalue weighted by Crippen LogP contribution is -2.30. The van der Waals surface area contributed by atoms with Gasteiger partial charge in [-0.05, 0) is 31.6 Å². The van der Waals surface area contributed by atoms with E-state index in [4.69, 9.17) is 0 Å². The first kappa shape index (κ1) is 11.7. The number of carboxylic acid groups (broad SMARTS) is 1. The lowest BCUT2D eigenvalue weighted by molar-refractivity contribution is -0.142. The highest BCUT2D eigenvalue weighted by Gasteiger charge is 2.53. The molecule has 1 N–H and O–H groups in total. The van der Waals surface area contributed by atoms with E-state index < -0.39 is 11.5 Å². The van der Waals surface area contributed by atoms with Crippen LogP contribution in [0.15, 0.2) is 6.33 Å². The molecule has 1 heterocycles. The fourth-order valence-electron chi connectivity index (χ4n) is 3.05. The molecule has 0 atom stereocenters. The summed E-state index contributed by atoms with van der Waals surface area (Å²) in [6, 6.07) is 0. The van der Waals surface area contributed by atoms with Gasteiger partial charge in [0.05, 0.1) is 0 Å². The second-order valence-corrected chi connectivity index (χ2v) is 5.85. The van der Waals surface area contributed by atoms with E-state index in [1.807, 2.05) is 4.57 Å². The average molecular weight is 249 g/mol. The van der Waals surface area contributed by atoms with Crippen molar-refractivity contribution in [2.24, 2.45) is 5.92 Å². The van der Waals surface area contributed by atoms with Crippen molar-refractivity contribution in [3.8, 4) is 0 Å². The van der Waals surface area contributed by atoms with Crippen LogP contribution < -0.4 is 0 Å². The Hall–Kier alpha value is -1.39. The molecule has 0 saturated heterocycles. The van der Waals surface area contributed by atoms with Crippen LogP contribution in [0.4, 0.5) is 0 Å². The number of nitrogens with zero attached hydrogens (tertiary/aromatic N) is 3. The number of hydrogen-bond donors (Lipinski definition) is 1. The monoisotopic (exact) mass is 249 g/mol. The molecule has 98 valence electrons. The number of hydrogen-bond acceptors (Lipinski definition) is 3. The van der Waals surface area contributed by atoms with Crippen LogP contribution in [-0.2, 0) is 10.3 Å². The predicted molar refractivity (Wildman–Crippen MR) is 65.2 cm³/mol. The Labute approximate surface area is 106 Å². The van der Waals surface area contributed by atoms with E-state index >= 15 is 0 Å². The maximum Gasteiger partial charge on any atom is 0.329 e. The molecule has 5 nitrogen and oxygen atoms in total. The highest BCUT2D eigenvalue weighted by Crippen LogP contribution is 2.46. The van der Waals surface area contributed by atoms with E-state index in [-0.39, 0.29) is 0 Å². The van der Waals surface area contributed by atoms with Crippen molar-refractivity contribution in [2.75, 3.05) is 0 Å². The second-order valence-electron chi connectivity index (χ2n) is 5.85. The van der Waals surface area contributed by atoms with E-state index in [1.54, 1.807) is 6.33 Å². The van der Waals surface area contributed by atoms with Gasteiger partial charge in [0.15, 0.2) is 0 Å². The molecular formula is C13H19N3O2. The van der Waals surface area contributed by atoms with Crippen LogP contribution in [0.25, 0.3) is 0 Å². The van der Waals surface area contributed by atoms with E-state index in [9.17, 15) is 9.90 Å². The number of carboxylic acids is 1. The summed E-state index contributed by atoms with van der Waals surface area (Å²) in [5.74, 6) is 1.32. The number of aromatic nitrogens is 3. The van der Waals surface area contributed by atoms with E-state index in [0.29, 0.717) is 18.8 Å². The summed E-state index contributed by atoms with van der Waals surface area (Å²) >= 11 is 0. The lowest BCUT2D eigenvalue weighted by atomic mass is 9.82. The van der Waals surface area contributed by atoms with Crippen molar-refractivity contribution in [1.29, 1.82) is 0 Å². The third-order valence-corrected chi connectivity index (χ3v) is 4.54. The van der Waals surface area contributed by atoms with Crippen LogP contribution >= 0.6 is 0 Å². The van der Waals surface area contributed by atoms with Gasteiger partial charge >= 0.3 is 5.97 Å². The zero-order valence-corrected chi connectivity index (χ0v) is 10.7. The number of carbonyl (C=O) groups is 1. The van der Waals surface area contributed by atoms with E-state index in [1.165, 1.54) is 12.8 Å². The highest BCUT2D eigenvalue weighted by molar-refractivity contribution is 5.80. The maximum absolute atomic E-state index is 11.4. The molecule has 2 aliphatic rings. The first-order valence-corrected chi connectivity index (χ1v) is 6.77. The van der Waals surface area contributed by atoms with Crippen LogP contribution in [0.5, 0.6) is 0 Å². The van der Waals surface area contributed by atoms with Gasteiger partial charge in [0, 0.05) is 5.92 Å². The minimum absolute atomic E-state index is 0.389. The van der Waals surface area contributed by atoms with E-state index in [0.717, 1.165) is 24.6 Å². The van der Waals surface area contributed by atoms with Gasteiger partial charge in [-0.25, -0.2) is 4.79 Å². The Morgan fingerprint density at radius 1 is 1.39 bits per heavy atom. The third-order valence-electron chi connectivity index (χ3n) is 4.54. The van der Waals surface area contributed by atoms with Crippen molar-refractivity contribution < 1.29 is 9.90 Å². The summed E-state index contributed by atoms with van der Waals surface area (Å²) in [4.78, 5) is 11.4. The number of aliphatic carboxylic acids is 1. The minimum atomic E-state index is -0.743. The molecule has 5 heteroatoms. The molecular weight excluding hydrogens is 230 g/mol. The van der Waals surface area contributed by atoms with Gasteiger partial charge in [-0.15, -0.1) is 10.2 Å². The molecule has 1 aromatic heterocycles. The zero-order valence-electron chi connectivity index (χ0n) is 10.7. The van der Waals surface area contributed by atoms with Crippen LogP contribution in [0.1, 0.15) is 57.2 Å². The first-order valence-electron chi connectivity index (χ1n) is 6.77. The molecule has 0 unspecified atom stereocenters. The molecule has 1 aromatic rings. The van der Waals surface area contributed by atoms with Crippen molar-refractivity contribution in [1.82, 2.24) is 14.8 Å². The smallest absolute Gasteiger partial charge is 0.329 e. The summed E-state index contributed by atoms with van der Waals surface area (Å²) in [6.45, 7) is 2.28. The molecule has 0 bridgehead atoms. The van der Waals surface area contributed by atoms with E-state index in [2.05, 4.69) is 17.1 Å². The van der Waals surface area contributed by atoms with Gasteiger partial charge in [-0.1, -0.05) is 19.8 Å². The third kappa shape index (κ3) is 1.72. The van der Waals surface area contributed by atoms with Crippen molar-refractivity contribution >= 4 is 5.97 Å². The molecule has 0 spiro atoms. The Morgan fingerprint density at radius 2 is 2.06 bits per heavy atom. The van der Waals surface area contributed by atoms with Crippen molar-refractivity contribution in [3.63, 3.8) is 0 Å². The Bertz CT molecular complexity index is 457. The average Bonchev–Trinajstić information content (AvgIpc) is 3.03. The molecule has 2 aliphatic carbocycles. The summed E-state index contributed by atoms with van der Waals surface area (Å²) in [6.07, 6.45) is 7.64. The zero-order chi connectivity index (χ0) is 12.8. The predicted octanol–water partition coefficient (Wildman–Crippen LogP) is 2.15. The summed E-state index contributed by atoms with van der Waals surface area (Å²) in [5, 5.41) is 17.5. The molecule has 0 amide bonds. The summed E-state index contributed by atoms with van der Waals surface area (Å²) in [5.41, 5.74) is -0.734. The van der Waals surface area contributed by atoms with Crippen molar-refractivity contribution in [3.05, 3.63) is 12.2 Å². The summed E-state index contributed by atoms with van der Waals surface area (Å²) < 4.78 is 1.83. The quantitative estimate of drug-likeness (QED) is 0.891. The fourth-order valence-corrected chi connectivity index (χ4v) is 3.05. The second kappa shape index (κ2) is 4.07. The van der Waals surface area contributed by atoms with Gasteiger partial charge in [0.2, 0.25) is 0 Å². The van der Waals surface area contributed by atoms with Gasteiger partial charge in [-0.2, -0.15) is 0 Å². The molecule has 0 radical (unpaired) electrons. The topological polar surface area (TPSA) is 68.0 Å². The largest absolute Gasteiger partial charge is 0.479 e. The van der Waals surface area contributed by atoms with Gasteiger partial charge in [0.25, 0.3) is 0 Å². The lowest BCUT2D eigenvalue weighted by Gasteiger charge is -2.27. The Morgan fingerprint density at radius 3 is 2.61 bits per heavy atom. The molecule has 3 rings (SSSR count). The van der Waals surface area contributed by atoms with Crippen LogP contribution in [0, 0.1) is 5.92 Å². The molecule has 0 aliphatic heterocycles. The normalized spacial score (nSPS) is 30.1. The Kier molecular flexibility index (Phi) is 2.64.